The number of benzene rings is 1. The lowest BCUT2D eigenvalue weighted by Gasteiger charge is -2.12. The lowest BCUT2D eigenvalue weighted by atomic mass is 10.2. The molecule has 0 fully saturated rings. The summed E-state index contributed by atoms with van der Waals surface area (Å²) in [5.74, 6) is 0.117. The molecule has 0 saturated carbocycles. The summed E-state index contributed by atoms with van der Waals surface area (Å²) >= 11 is 12.3. The molecular formula is C20H20Cl2N4O4S. The molecule has 1 aromatic carbocycles. The van der Waals surface area contributed by atoms with E-state index in [0.29, 0.717) is 17.7 Å². The molecule has 11 heteroatoms. The van der Waals surface area contributed by atoms with Crippen molar-refractivity contribution in [3.63, 3.8) is 0 Å². The first-order valence-electron chi connectivity index (χ1n) is 9.37. The molecule has 2 aromatic heterocycles. The number of ether oxygens (including phenoxy) is 1. The van der Waals surface area contributed by atoms with Gasteiger partial charge in [0.25, 0.3) is 0 Å². The third-order valence-electron chi connectivity index (χ3n) is 4.23. The molecule has 0 saturated heterocycles. The highest BCUT2D eigenvalue weighted by molar-refractivity contribution is 7.92. The monoisotopic (exact) mass is 482 g/mol. The zero-order valence-electron chi connectivity index (χ0n) is 16.8. The van der Waals surface area contributed by atoms with Crippen molar-refractivity contribution in [2.24, 2.45) is 7.05 Å². The average Bonchev–Trinajstić information content (AvgIpc) is 2.71. The Balaban J connectivity index is 2.07. The number of sulfonamides is 1. The minimum atomic E-state index is -3.62. The lowest BCUT2D eigenvalue weighted by Crippen LogP contribution is -2.18. The predicted octanol–water partition coefficient (Wildman–Crippen LogP) is 4.48. The minimum absolute atomic E-state index is 0.0214. The van der Waals surface area contributed by atoms with Crippen molar-refractivity contribution in [1.82, 2.24) is 14.5 Å². The van der Waals surface area contributed by atoms with Gasteiger partial charge >= 0.3 is 6.01 Å². The minimum Gasteiger partial charge on any atom is -0.421 e. The number of hydrogen-bond donors (Lipinski definition) is 1. The standard InChI is InChI=1S/C20H20Cl2N4O4S/c1-3-4-10-31(28,29)25-17-11-16(13-8-9-18(27)26(2)12-13)23-20(24-17)30-19-14(21)6-5-7-15(19)22/h5-9,11-12H,3-4,10H2,1-2H3,(H,23,24,25). The summed E-state index contributed by atoms with van der Waals surface area (Å²) in [4.78, 5) is 20.2. The van der Waals surface area contributed by atoms with Gasteiger partial charge in [-0.05, 0) is 24.6 Å². The quantitative estimate of drug-likeness (QED) is 0.507. The number of unbranched alkanes of at least 4 members (excludes halogenated alkanes) is 1. The maximum absolute atomic E-state index is 12.4. The molecule has 0 radical (unpaired) electrons. The van der Waals surface area contributed by atoms with Gasteiger partial charge in [-0.3, -0.25) is 9.52 Å². The molecule has 0 amide bonds. The molecule has 2 heterocycles. The van der Waals surface area contributed by atoms with Crippen LogP contribution in [-0.2, 0) is 17.1 Å². The second-order valence-corrected chi connectivity index (χ2v) is 9.37. The number of aromatic nitrogens is 3. The van der Waals surface area contributed by atoms with Crippen molar-refractivity contribution < 1.29 is 13.2 Å². The number of rotatable bonds is 8. The maximum atomic E-state index is 12.4. The van der Waals surface area contributed by atoms with Crippen LogP contribution in [-0.4, -0.2) is 28.7 Å². The van der Waals surface area contributed by atoms with E-state index < -0.39 is 10.0 Å². The van der Waals surface area contributed by atoms with Gasteiger partial charge in [0.1, 0.15) is 5.82 Å². The Hall–Kier alpha value is -2.62. The van der Waals surface area contributed by atoms with Crippen LogP contribution < -0.4 is 15.0 Å². The van der Waals surface area contributed by atoms with Crippen LogP contribution in [0.25, 0.3) is 11.3 Å². The summed E-state index contributed by atoms with van der Waals surface area (Å²) in [5.41, 5.74) is 0.711. The third-order valence-corrected chi connectivity index (χ3v) is 6.17. The second kappa shape index (κ2) is 9.67. The Labute approximate surface area is 189 Å². The fourth-order valence-electron chi connectivity index (χ4n) is 2.63. The molecule has 8 nitrogen and oxygen atoms in total. The highest BCUT2D eigenvalue weighted by Crippen LogP contribution is 2.35. The largest absolute Gasteiger partial charge is 0.421 e. The number of halogens is 2. The van der Waals surface area contributed by atoms with Crippen molar-refractivity contribution >= 4 is 39.0 Å². The molecule has 0 aliphatic heterocycles. The molecule has 0 bridgehead atoms. The fraction of sp³-hybridized carbons (Fsp3) is 0.250. The normalized spacial score (nSPS) is 11.4. The Morgan fingerprint density at radius 3 is 2.48 bits per heavy atom. The van der Waals surface area contributed by atoms with Gasteiger partial charge in [-0.15, -0.1) is 0 Å². The lowest BCUT2D eigenvalue weighted by molar-refractivity contribution is 0.444. The molecule has 0 aliphatic rings. The van der Waals surface area contributed by atoms with Crippen molar-refractivity contribution in [1.29, 1.82) is 0 Å². The number of nitrogens with zero attached hydrogens (tertiary/aromatic N) is 3. The molecule has 164 valence electrons. The van der Waals surface area contributed by atoms with Gasteiger partial charge in [-0.1, -0.05) is 42.6 Å². The SMILES string of the molecule is CCCCS(=O)(=O)Nc1cc(-c2ccc(=O)n(C)c2)nc(Oc2c(Cl)cccc2Cl)n1. The molecule has 0 atom stereocenters. The van der Waals surface area contributed by atoms with Gasteiger partial charge in [0, 0.05) is 30.9 Å². The van der Waals surface area contributed by atoms with E-state index in [1.165, 1.54) is 16.7 Å². The number of pyridine rings is 1. The molecule has 31 heavy (non-hydrogen) atoms. The van der Waals surface area contributed by atoms with Gasteiger partial charge in [0.2, 0.25) is 15.6 Å². The fourth-order valence-corrected chi connectivity index (χ4v) is 4.30. The molecular weight excluding hydrogens is 463 g/mol. The average molecular weight is 483 g/mol. The van der Waals surface area contributed by atoms with E-state index in [2.05, 4.69) is 14.7 Å². The van der Waals surface area contributed by atoms with E-state index in [-0.39, 0.29) is 38.9 Å². The first kappa shape index (κ1) is 23.1. The summed E-state index contributed by atoms with van der Waals surface area (Å²) in [6.07, 6.45) is 2.81. The Morgan fingerprint density at radius 2 is 1.84 bits per heavy atom. The van der Waals surface area contributed by atoms with E-state index in [0.717, 1.165) is 6.42 Å². The van der Waals surface area contributed by atoms with Crippen LogP contribution in [0.1, 0.15) is 19.8 Å². The zero-order chi connectivity index (χ0) is 22.6. The van der Waals surface area contributed by atoms with E-state index >= 15 is 0 Å². The van der Waals surface area contributed by atoms with Crippen molar-refractivity contribution in [3.8, 4) is 23.0 Å². The van der Waals surface area contributed by atoms with Crippen molar-refractivity contribution in [2.45, 2.75) is 19.8 Å². The van der Waals surface area contributed by atoms with Crippen molar-refractivity contribution in [2.75, 3.05) is 10.5 Å². The number of nitrogens with one attached hydrogen (secondary N) is 1. The van der Waals surface area contributed by atoms with Crippen molar-refractivity contribution in [3.05, 3.63) is 63.0 Å². The molecule has 3 rings (SSSR count). The molecule has 1 N–H and O–H groups in total. The van der Waals surface area contributed by atoms with Gasteiger partial charge in [0.05, 0.1) is 21.5 Å². The van der Waals surface area contributed by atoms with Gasteiger partial charge in [0.15, 0.2) is 5.75 Å². The van der Waals surface area contributed by atoms with Crippen LogP contribution in [0.2, 0.25) is 10.0 Å². The summed E-state index contributed by atoms with van der Waals surface area (Å²) in [6.45, 7) is 1.90. The van der Waals surface area contributed by atoms with Gasteiger partial charge in [-0.2, -0.15) is 9.97 Å². The Kier molecular flexibility index (Phi) is 7.19. The van der Waals surface area contributed by atoms with E-state index in [9.17, 15) is 13.2 Å². The van der Waals surface area contributed by atoms with E-state index in [4.69, 9.17) is 27.9 Å². The Bertz CT molecular complexity index is 1240. The summed E-state index contributed by atoms with van der Waals surface area (Å²) in [6, 6.07) is 9.11. The first-order chi connectivity index (χ1) is 14.7. The van der Waals surface area contributed by atoms with Crippen LogP contribution in [0.3, 0.4) is 0 Å². The number of para-hydroxylation sites is 1. The topological polar surface area (TPSA) is 103 Å². The third kappa shape index (κ3) is 5.96. The zero-order valence-corrected chi connectivity index (χ0v) is 19.1. The molecule has 0 aliphatic carbocycles. The predicted molar refractivity (Wildman–Crippen MR) is 122 cm³/mol. The molecule has 0 unspecified atom stereocenters. The van der Waals surface area contributed by atoms with E-state index in [1.54, 1.807) is 37.5 Å². The molecule has 0 spiro atoms. The number of hydrogen-bond acceptors (Lipinski definition) is 6. The van der Waals surface area contributed by atoms with Gasteiger partial charge in [-0.25, -0.2) is 8.42 Å². The van der Waals surface area contributed by atoms with Gasteiger partial charge < -0.3 is 9.30 Å². The van der Waals surface area contributed by atoms with Crippen LogP contribution in [0.15, 0.2) is 47.4 Å². The summed E-state index contributed by atoms with van der Waals surface area (Å²) < 4.78 is 34.3. The van der Waals surface area contributed by atoms with Crippen LogP contribution >= 0.6 is 23.2 Å². The van der Waals surface area contributed by atoms with Crippen LogP contribution in [0.4, 0.5) is 5.82 Å². The van der Waals surface area contributed by atoms with Crippen LogP contribution in [0.5, 0.6) is 11.8 Å². The summed E-state index contributed by atoms with van der Waals surface area (Å²) in [5, 5.41) is 0.488. The number of anilines is 1. The Morgan fingerprint density at radius 1 is 1.13 bits per heavy atom. The summed E-state index contributed by atoms with van der Waals surface area (Å²) in [7, 11) is -2.02. The van der Waals surface area contributed by atoms with Crippen LogP contribution in [0, 0.1) is 0 Å². The maximum Gasteiger partial charge on any atom is 0.324 e. The smallest absolute Gasteiger partial charge is 0.324 e. The first-order valence-corrected chi connectivity index (χ1v) is 11.8. The second-order valence-electron chi connectivity index (χ2n) is 6.72. The number of aryl methyl sites for hydroxylation is 1. The molecule has 3 aromatic rings. The highest BCUT2D eigenvalue weighted by Gasteiger charge is 2.17. The van der Waals surface area contributed by atoms with E-state index in [1.807, 2.05) is 6.92 Å². The highest BCUT2D eigenvalue weighted by atomic mass is 35.5.